The van der Waals surface area contributed by atoms with Gasteiger partial charge in [0.05, 0.1) is 0 Å². The Kier molecular flexibility index (Phi) is 6.88. The third-order valence-corrected chi connectivity index (χ3v) is 3.98. The molecule has 124 valence electrons. The third-order valence-electron chi connectivity index (χ3n) is 3.98. The number of halogens is 1. The average molecular weight is 425 g/mol. The van der Waals surface area contributed by atoms with Crippen LogP contribution in [-0.4, -0.2) is 33.5 Å². The van der Waals surface area contributed by atoms with Crippen LogP contribution in [0.4, 0.5) is 5.69 Å². The van der Waals surface area contributed by atoms with Crippen LogP contribution < -0.4 is 5.32 Å². The number of rotatable bonds is 3. The summed E-state index contributed by atoms with van der Waals surface area (Å²) in [7, 11) is 2.00. The van der Waals surface area contributed by atoms with Gasteiger partial charge in [0, 0.05) is 38.2 Å². The number of guanidine groups is 1. The fourth-order valence-corrected chi connectivity index (χ4v) is 2.67. The number of hydrogen-bond donors (Lipinski definition) is 1. The predicted molar refractivity (Wildman–Crippen MR) is 105 cm³/mol. The summed E-state index contributed by atoms with van der Waals surface area (Å²) in [5.74, 6) is 1.93. The van der Waals surface area contributed by atoms with Crippen LogP contribution in [0.3, 0.4) is 0 Å². The highest BCUT2D eigenvalue weighted by atomic mass is 127. The van der Waals surface area contributed by atoms with Gasteiger partial charge in [0.15, 0.2) is 5.96 Å². The molecule has 1 saturated heterocycles. The lowest BCUT2D eigenvalue weighted by molar-refractivity contribution is 0.340. The van der Waals surface area contributed by atoms with Gasteiger partial charge in [-0.05, 0) is 31.4 Å². The second-order valence-electron chi connectivity index (χ2n) is 5.63. The number of benzene rings is 1. The van der Waals surface area contributed by atoms with Crippen LogP contribution in [0.15, 0.2) is 47.7 Å². The molecule has 0 spiro atoms. The van der Waals surface area contributed by atoms with E-state index in [9.17, 15) is 0 Å². The Hall–Kier alpha value is -1.57. The van der Waals surface area contributed by atoms with E-state index >= 15 is 0 Å². The van der Waals surface area contributed by atoms with E-state index in [0.717, 1.165) is 30.6 Å². The second-order valence-corrected chi connectivity index (χ2v) is 5.63. The van der Waals surface area contributed by atoms with Crippen molar-refractivity contribution in [1.29, 1.82) is 0 Å². The Morgan fingerprint density at radius 3 is 2.57 bits per heavy atom. The number of piperidine rings is 1. The zero-order valence-corrected chi connectivity index (χ0v) is 15.8. The molecule has 1 aromatic carbocycles. The number of para-hydroxylation sites is 1. The molecule has 0 aliphatic carbocycles. The average Bonchev–Trinajstić information content (AvgIpc) is 2.98. The van der Waals surface area contributed by atoms with E-state index in [2.05, 4.69) is 27.3 Å². The largest absolute Gasteiger partial charge is 0.343 e. The van der Waals surface area contributed by atoms with Crippen LogP contribution in [0.2, 0.25) is 0 Å². The lowest BCUT2D eigenvalue weighted by Gasteiger charge is -2.30. The molecule has 0 saturated carbocycles. The van der Waals surface area contributed by atoms with Gasteiger partial charge in [0.2, 0.25) is 0 Å². The summed E-state index contributed by atoms with van der Waals surface area (Å²) < 4.78 is 2.01. The molecular weight excluding hydrogens is 401 g/mol. The monoisotopic (exact) mass is 425 g/mol. The molecule has 0 atom stereocenters. The molecule has 0 amide bonds. The van der Waals surface area contributed by atoms with Crippen LogP contribution >= 0.6 is 24.0 Å². The van der Waals surface area contributed by atoms with E-state index in [1.165, 1.54) is 19.3 Å². The van der Waals surface area contributed by atoms with Crippen LogP contribution in [0, 0.1) is 0 Å². The van der Waals surface area contributed by atoms with Gasteiger partial charge in [-0.15, -0.1) is 24.0 Å². The van der Waals surface area contributed by atoms with Crippen molar-refractivity contribution in [3.8, 4) is 0 Å². The van der Waals surface area contributed by atoms with Gasteiger partial charge in [-0.1, -0.05) is 18.2 Å². The van der Waals surface area contributed by atoms with Crippen molar-refractivity contribution >= 4 is 35.6 Å². The lowest BCUT2D eigenvalue weighted by atomic mass is 10.1. The predicted octanol–water partition coefficient (Wildman–Crippen LogP) is 3.49. The Balaban J connectivity index is 0.00000192. The lowest BCUT2D eigenvalue weighted by Crippen LogP contribution is -2.40. The van der Waals surface area contributed by atoms with Gasteiger partial charge < -0.3 is 14.8 Å². The highest BCUT2D eigenvalue weighted by Crippen LogP contribution is 2.13. The number of aryl methyl sites for hydroxylation is 1. The summed E-state index contributed by atoms with van der Waals surface area (Å²) in [5.41, 5.74) is 1.08. The van der Waals surface area contributed by atoms with Crippen LogP contribution in [0.1, 0.15) is 25.1 Å². The fourth-order valence-electron chi connectivity index (χ4n) is 2.67. The molecule has 2 aromatic rings. The van der Waals surface area contributed by atoms with Crippen LogP contribution in [0.25, 0.3) is 0 Å². The number of nitrogens with zero attached hydrogens (tertiary/aromatic N) is 4. The number of aromatic nitrogens is 2. The zero-order chi connectivity index (χ0) is 15.2. The topological polar surface area (TPSA) is 45.5 Å². The first-order valence-electron chi connectivity index (χ1n) is 7.90. The van der Waals surface area contributed by atoms with E-state index in [1.807, 2.05) is 42.2 Å². The number of nitrogens with one attached hydrogen (secondary N) is 1. The number of aliphatic imine (C=N–C) groups is 1. The van der Waals surface area contributed by atoms with Gasteiger partial charge in [0.25, 0.3) is 0 Å². The van der Waals surface area contributed by atoms with E-state index in [1.54, 1.807) is 0 Å². The molecule has 1 N–H and O–H groups in total. The number of imidazole rings is 1. The number of anilines is 1. The van der Waals surface area contributed by atoms with Crippen molar-refractivity contribution in [3.63, 3.8) is 0 Å². The van der Waals surface area contributed by atoms with Crippen molar-refractivity contribution in [3.05, 3.63) is 48.5 Å². The van der Waals surface area contributed by atoms with Gasteiger partial charge in [0.1, 0.15) is 12.4 Å². The van der Waals surface area contributed by atoms with E-state index in [4.69, 9.17) is 4.99 Å². The normalized spacial score (nSPS) is 15.2. The molecule has 6 heteroatoms. The van der Waals surface area contributed by atoms with Crippen LogP contribution in [0.5, 0.6) is 0 Å². The quantitative estimate of drug-likeness (QED) is 0.465. The van der Waals surface area contributed by atoms with Gasteiger partial charge in [-0.3, -0.25) is 0 Å². The molecule has 23 heavy (non-hydrogen) atoms. The van der Waals surface area contributed by atoms with Crippen molar-refractivity contribution in [2.45, 2.75) is 25.8 Å². The number of hydrogen-bond acceptors (Lipinski definition) is 2. The first-order valence-corrected chi connectivity index (χ1v) is 7.90. The zero-order valence-electron chi connectivity index (χ0n) is 13.5. The van der Waals surface area contributed by atoms with Gasteiger partial charge in [-0.2, -0.15) is 0 Å². The highest BCUT2D eigenvalue weighted by Gasteiger charge is 2.15. The maximum atomic E-state index is 4.79. The molecule has 5 nitrogen and oxygen atoms in total. The van der Waals surface area contributed by atoms with Crippen LogP contribution in [-0.2, 0) is 13.6 Å². The molecule has 0 unspecified atom stereocenters. The van der Waals surface area contributed by atoms with Crippen molar-refractivity contribution < 1.29 is 0 Å². The maximum Gasteiger partial charge on any atom is 0.198 e. The SMILES string of the molecule is Cn1ccnc1CN=C(Nc1ccccc1)N1CCCCC1.I. The fraction of sp³-hybridized carbons (Fsp3) is 0.412. The van der Waals surface area contributed by atoms with E-state index in [-0.39, 0.29) is 24.0 Å². The van der Waals surface area contributed by atoms with E-state index in [0.29, 0.717) is 6.54 Å². The molecule has 0 bridgehead atoms. The minimum absolute atomic E-state index is 0. The number of likely N-dealkylation sites (tertiary alicyclic amines) is 1. The van der Waals surface area contributed by atoms with Crippen molar-refractivity contribution in [1.82, 2.24) is 14.5 Å². The summed E-state index contributed by atoms with van der Waals surface area (Å²) in [6, 6.07) is 10.2. The summed E-state index contributed by atoms with van der Waals surface area (Å²) in [6.07, 6.45) is 7.55. The Morgan fingerprint density at radius 2 is 1.91 bits per heavy atom. The summed E-state index contributed by atoms with van der Waals surface area (Å²) in [4.78, 5) is 11.5. The minimum atomic E-state index is 0. The van der Waals surface area contributed by atoms with E-state index < -0.39 is 0 Å². The smallest absolute Gasteiger partial charge is 0.198 e. The third kappa shape index (κ3) is 4.95. The highest BCUT2D eigenvalue weighted by molar-refractivity contribution is 14.0. The molecule has 1 aromatic heterocycles. The summed E-state index contributed by atoms with van der Waals surface area (Å²) >= 11 is 0. The molecule has 0 radical (unpaired) electrons. The maximum absolute atomic E-state index is 4.79. The molecule has 1 fully saturated rings. The molecule has 1 aliphatic rings. The van der Waals surface area contributed by atoms with Crippen molar-refractivity contribution in [2.75, 3.05) is 18.4 Å². The molecule has 1 aliphatic heterocycles. The second kappa shape index (κ2) is 8.90. The molecule has 2 heterocycles. The first-order chi connectivity index (χ1) is 10.8. The Morgan fingerprint density at radius 1 is 1.17 bits per heavy atom. The first kappa shape index (κ1) is 17.8. The van der Waals surface area contributed by atoms with Crippen molar-refractivity contribution in [2.24, 2.45) is 12.0 Å². The summed E-state index contributed by atoms with van der Waals surface area (Å²) in [6.45, 7) is 2.73. The van der Waals surface area contributed by atoms with Gasteiger partial charge in [-0.25, -0.2) is 9.98 Å². The molecular formula is C17H24IN5. The Bertz CT molecular complexity index is 617. The standard InChI is InChI=1S/C17H23N5.HI/c1-21-13-10-18-16(21)14-19-17(22-11-6-3-7-12-22)20-15-8-4-2-5-9-15;/h2,4-5,8-10,13H,3,6-7,11-12,14H2,1H3,(H,19,20);1H. The van der Waals surface area contributed by atoms with Gasteiger partial charge >= 0.3 is 0 Å². The summed E-state index contributed by atoms with van der Waals surface area (Å²) in [5, 5.41) is 3.47. The minimum Gasteiger partial charge on any atom is -0.343 e. The Labute approximate surface area is 154 Å². The molecule has 3 rings (SSSR count).